The second-order valence-electron chi connectivity index (χ2n) is 5.15. The van der Waals surface area contributed by atoms with Gasteiger partial charge in [-0.2, -0.15) is 0 Å². The van der Waals surface area contributed by atoms with Gasteiger partial charge >= 0.3 is 0 Å². The average molecular weight is 357 g/mol. The lowest BCUT2D eigenvalue weighted by Crippen LogP contribution is -2.14. The number of nitrogens with zero attached hydrogens (tertiary/aromatic N) is 4. The zero-order valence-corrected chi connectivity index (χ0v) is 14.3. The van der Waals surface area contributed by atoms with Crippen LogP contribution in [0.2, 0.25) is 0 Å². The van der Waals surface area contributed by atoms with Crippen molar-refractivity contribution in [2.24, 2.45) is 0 Å². The summed E-state index contributed by atoms with van der Waals surface area (Å²) in [6, 6.07) is 10.6. The number of hydrogen-bond acceptors (Lipinski definition) is 5. The van der Waals surface area contributed by atoms with Crippen molar-refractivity contribution in [3.05, 3.63) is 54.6 Å². The smallest absolute Gasteiger partial charge is 0.234 e. The number of carbonyl (C=O) groups excluding carboxylic acids is 1. The zero-order valence-electron chi connectivity index (χ0n) is 13.5. The number of hydrogen-bond donors (Lipinski definition) is 1. The van der Waals surface area contributed by atoms with Gasteiger partial charge in [0.15, 0.2) is 11.0 Å². The molecule has 0 atom stereocenters. The Morgan fingerprint density at radius 2 is 2.04 bits per heavy atom. The van der Waals surface area contributed by atoms with Crippen molar-refractivity contribution >= 4 is 23.4 Å². The number of halogens is 1. The SMILES string of the molecule is CCn1c(SCC(=O)Nc2ccccc2)nnc1-c1cncc(F)c1. The van der Waals surface area contributed by atoms with E-state index in [2.05, 4.69) is 20.5 Å². The van der Waals surface area contributed by atoms with Gasteiger partial charge in [0, 0.05) is 24.0 Å². The first-order valence-corrected chi connectivity index (χ1v) is 8.67. The number of benzene rings is 1. The summed E-state index contributed by atoms with van der Waals surface area (Å²) >= 11 is 1.28. The Hall–Kier alpha value is -2.74. The molecule has 0 bridgehead atoms. The van der Waals surface area contributed by atoms with E-state index in [1.807, 2.05) is 41.8 Å². The normalized spacial score (nSPS) is 10.6. The summed E-state index contributed by atoms with van der Waals surface area (Å²) < 4.78 is 15.2. The van der Waals surface area contributed by atoms with Crippen LogP contribution >= 0.6 is 11.8 Å². The third-order valence-corrected chi connectivity index (χ3v) is 4.35. The molecule has 1 N–H and O–H groups in total. The lowest BCUT2D eigenvalue weighted by atomic mass is 10.2. The lowest BCUT2D eigenvalue weighted by Gasteiger charge is -2.07. The minimum atomic E-state index is -0.431. The molecule has 0 unspecified atom stereocenters. The third kappa shape index (κ3) is 4.21. The van der Waals surface area contributed by atoms with Crippen LogP contribution in [0.25, 0.3) is 11.4 Å². The van der Waals surface area contributed by atoms with Gasteiger partial charge in [-0.1, -0.05) is 30.0 Å². The van der Waals surface area contributed by atoms with E-state index >= 15 is 0 Å². The Labute approximate surface area is 148 Å². The fourth-order valence-corrected chi connectivity index (χ4v) is 3.08. The van der Waals surface area contributed by atoms with Crippen LogP contribution in [0.15, 0.2) is 53.9 Å². The summed E-state index contributed by atoms with van der Waals surface area (Å²) in [6.07, 6.45) is 2.68. The first-order chi connectivity index (χ1) is 12.2. The second-order valence-corrected chi connectivity index (χ2v) is 6.09. The summed E-state index contributed by atoms with van der Waals surface area (Å²) in [5.41, 5.74) is 1.30. The van der Waals surface area contributed by atoms with E-state index in [1.54, 1.807) is 0 Å². The fourth-order valence-electron chi connectivity index (χ4n) is 2.28. The molecule has 0 aliphatic rings. The van der Waals surface area contributed by atoms with Gasteiger partial charge in [-0.05, 0) is 25.1 Å². The minimum Gasteiger partial charge on any atom is -0.325 e. The van der Waals surface area contributed by atoms with Gasteiger partial charge in [0.1, 0.15) is 5.82 Å². The average Bonchev–Trinajstić information content (AvgIpc) is 3.04. The Kier molecular flexibility index (Phi) is 5.39. The molecule has 0 aliphatic carbocycles. The van der Waals surface area contributed by atoms with E-state index in [0.29, 0.717) is 23.1 Å². The maximum absolute atomic E-state index is 13.4. The standard InChI is InChI=1S/C17H16FN5OS/c1-2-23-16(12-8-13(18)10-19-9-12)21-22-17(23)25-11-15(24)20-14-6-4-3-5-7-14/h3-10H,2,11H2,1H3,(H,20,24). The molecule has 0 fully saturated rings. The second kappa shape index (κ2) is 7.89. The third-order valence-electron chi connectivity index (χ3n) is 3.39. The highest BCUT2D eigenvalue weighted by Gasteiger charge is 2.15. The Morgan fingerprint density at radius 3 is 2.76 bits per heavy atom. The molecule has 3 aromatic rings. The number of anilines is 1. The molecule has 6 nitrogen and oxygen atoms in total. The topological polar surface area (TPSA) is 72.7 Å². The van der Waals surface area contributed by atoms with E-state index in [1.165, 1.54) is 24.0 Å². The van der Waals surface area contributed by atoms with Crippen molar-refractivity contribution in [1.82, 2.24) is 19.7 Å². The molecule has 8 heteroatoms. The van der Waals surface area contributed by atoms with E-state index in [9.17, 15) is 9.18 Å². The molecule has 1 aromatic carbocycles. The van der Waals surface area contributed by atoms with Crippen LogP contribution in [0.4, 0.5) is 10.1 Å². The van der Waals surface area contributed by atoms with Gasteiger partial charge in [0.25, 0.3) is 0 Å². The Morgan fingerprint density at radius 1 is 1.24 bits per heavy atom. The largest absolute Gasteiger partial charge is 0.325 e. The summed E-state index contributed by atoms with van der Waals surface area (Å²) in [5, 5.41) is 11.7. The quantitative estimate of drug-likeness (QED) is 0.686. The molecule has 0 saturated carbocycles. The van der Waals surface area contributed by atoms with Crippen LogP contribution in [0.3, 0.4) is 0 Å². The molecule has 0 radical (unpaired) electrons. The number of para-hydroxylation sites is 1. The Balaban J connectivity index is 1.70. The number of pyridine rings is 1. The van der Waals surface area contributed by atoms with Crippen molar-refractivity contribution in [3.8, 4) is 11.4 Å². The predicted molar refractivity (Wildman–Crippen MR) is 94.7 cm³/mol. The molecule has 1 amide bonds. The van der Waals surface area contributed by atoms with Gasteiger partial charge in [-0.25, -0.2) is 4.39 Å². The van der Waals surface area contributed by atoms with Crippen molar-refractivity contribution in [2.45, 2.75) is 18.6 Å². The zero-order chi connectivity index (χ0) is 17.6. The molecule has 25 heavy (non-hydrogen) atoms. The predicted octanol–water partition coefficient (Wildman–Crippen LogP) is 3.23. The molecule has 0 aliphatic heterocycles. The molecule has 128 valence electrons. The van der Waals surface area contributed by atoms with E-state index in [4.69, 9.17) is 0 Å². The van der Waals surface area contributed by atoms with Gasteiger partial charge in [-0.3, -0.25) is 9.78 Å². The number of thioether (sulfide) groups is 1. The van der Waals surface area contributed by atoms with Gasteiger partial charge < -0.3 is 9.88 Å². The highest BCUT2D eigenvalue weighted by atomic mass is 32.2. The summed E-state index contributed by atoms with van der Waals surface area (Å²) in [5.74, 6) is 0.171. The molecule has 2 heterocycles. The molecule has 0 saturated heterocycles. The summed E-state index contributed by atoms with van der Waals surface area (Å²) in [7, 11) is 0. The summed E-state index contributed by atoms with van der Waals surface area (Å²) in [6.45, 7) is 2.54. The van der Waals surface area contributed by atoms with E-state index in [0.717, 1.165) is 11.9 Å². The first-order valence-electron chi connectivity index (χ1n) is 7.69. The maximum atomic E-state index is 13.4. The number of aromatic nitrogens is 4. The van der Waals surface area contributed by atoms with E-state index in [-0.39, 0.29) is 11.7 Å². The lowest BCUT2D eigenvalue weighted by molar-refractivity contribution is -0.113. The number of nitrogens with one attached hydrogen (secondary N) is 1. The molecule has 3 rings (SSSR count). The molecular formula is C17H16FN5OS. The van der Waals surface area contributed by atoms with Gasteiger partial charge in [0.2, 0.25) is 5.91 Å². The highest BCUT2D eigenvalue weighted by molar-refractivity contribution is 7.99. The first kappa shape index (κ1) is 17.1. The van der Waals surface area contributed by atoms with Crippen LogP contribution in [0.5, 0.6) is 0 Å². The van der Waals surface area contributed by atoms with Gasteiger partial charge in [-0.15, -0.1) is 10.2 Å². The maximum Gasteiger partial charge on any atom is 0.234 e. The molecular weight excluding hydrogens is 341 g/mol. The van der Waals surface area contributed by atoms with Crippen LogP contribution in [-0.4, -0.2) is 31.4 Å². The fraction of sp³-hybridized carbons (Fsp3) is 0.176. The van der Waals surface area contributed by atoms with Crippen LogP contribution in [0.1, 0.15) is 6.92 Å². The summed E-state index contributed by atoms with van der Waals surface area (Å²) in [4.78, 5) is 15.9. The monoisotopic (exact) mass is 357 g/mol. The van der Waals surface area contributed by atoms with Crippen LogP contribution in [0, 0.1) is 5.82 Å². The van der Waals surface area contributed by atoms with Crippen molar-refractivity contribution in [2.75, 3.05) is 11.1 Å². The molecule has 2 aromatic heterocycles. The number of carbonyl (C=O) groups is 1. The molecule has 0 spiro atoms. The van der Waals surface area contributed by atoms with Gasteiger partial charge in [0.05, 0.1) is 11.9 Å². The van der Waals surface area contributed by atoms with Crippen LogP contribution < -0.4 is 5.32 Å². The Bertz CT molecular complexity index is 868. The minimum absolute atomic E-state index is 0.129. The van der Waals surface area contributed by atoms with Crippen molar-refractivity contribution < 1.29 is 9.18 Å². The van der Waals surface area contributed by atoms with Crippen molar-refractivity contribution in [1.29, 1.82) is 0 Å². The number of amides is 1. The van der Waals surface area contributed by atoms with E-state index < -0.39 is 5.82 Å². The number of rotatable bonds is 6. The van der Waals surface area contributed by atoms with Crippen molar-refractivity contribution in [3.63, 3.8) is 0 Å². The van der Waals surface area contributed by atoms with Crippen LogP contribution in [-0.2, 0) is 11.3 Å². The highest BCUT2D eigenvalue weighted by Crippen LogP contribution is 2.24.